The molecule has 0 aliphatic carbocycles. The molecule has 2 rings (SSSR count). The Morgan fingerprint density at radius 3 is 2.50 bits per heavy atom. The van der Waals surface area contributed by atoms with E-state index in [1.54, 1.807) is 23.7 Å². The third kappa shape index (κ3) is 4.43. The molecule has 0 aliphatic rings. The van der Waals surface area contributed by atoms with Crippen LogP contribution in [0.3, 0.4) is 0 Å². The van der Waals surface area contributed by atoms with Crippen molar-refractivity contribution >= 4 is 57.2 Å². The highest BCUT2D eigenvalue weighted by molar-refractivity contribution is 7.13. The Morgan fingerprint density at radius 2 is 1.86 bits per heavy atom. The average Bonchev–Trinajstić information content (AvgIpc) is 2.98. The van der Waals surface area contributed by atoms with E-state index in [2.05, 4.69) is 15.6 Å². The highest BCUT2D eigenvalue weighted by atomic mass is 35.5. The summed E-state index contributed by atoms with van der Waals surface area (Å²) in [6.45, 7) is 1.82. The monoisotopic (exact) mass is 357 g/mol. The van der Waals surface area contributed by atoms with Gasteiger partial charge in [-0.15, -0.1) is 11.3 Å². The summed E-state index contributed by atoms with van der Waals surface area (Å²) in [5.41, 5.74) is 1.18. The molecule has 0 fully saturated rings. The average molecular weight is 358 g/mol. The van der Waals surface area contributed by atoms with Gasteiger partial charge in [0.05, 0.1) is 15.7 Å². The zero-order valence-corrected chi connectivity index (χ0v) is 14.0. The molecule has 116 valence electrons. The number of carbonyl (C=O) groups is 2. The van der Waals surface area contributed by atoms with Gasteiger partial charge in [0, 0.05) is 24.4 Å². The van der Waals surface area contributed by atoms with E-state index in [0.29, 0.717) is 20.9 Å². The van der Waals surface area contributed by atoms with Crippen LogP contribution in [0.2, 0.25) is 10.0 Å². The number of benzene rings is 1. The van der Waals surface area contributed by atoms with Gasteiger partial charge < -0.3 is 10.6 Å². The fourth-order valence-electron chi connectivity index (χ4n) is 1.67. The maximum absolute atomic E-state index is 11.9. The Balaban J connectivity index is 1.88. The number of thiazole rings is 1. The maximum atomic E-state index is 11.9. The molecule has 2 amide bonds. The molecule has 2 aromatic rings. The molecule has 22 heavy (non-hydrogen) atoms. The summed E-state index contributed by atoms with van der Waals surface area (Å²) in [5.74, 6) is -0.602. The minimum atomic E-state index is -0.330. The summed E-state index contributed by atoms with van der Waals surface area (Å²) in [4.78, 5) is 27.5. The molecule has 8 heteroatoms. The van der Waals surface area contributed by atoms with Crippen molar-refractivity contribution in [3.63, 3.8) is 0 Å². The number of carbonyl (C=O) groups excluding carboxylic acids is 2. The second kappa shape index (κ2) is 7.58. The molecule has 1 aromatic heterocycles. The smallest absolute Gasteiger partial charge is 0.226 e. The molecule has 0 atom stereocenters. The van der Waals surface area contributed by atoms with Crippen LogP contribution in [0.4, 0.5) is 10.8 Å². The third-order valence-electron chi connectivity index (χ3n) is 2.81. The van der Waals surface area contributed by atoms with Crippen LogP contribution in [-0.4, -0.2) is 16.8 Å². The Hall–Kier alpha value is -1.63. The number of anilines is 2. The summed E-state index contributed by atoms with van der Waals surface area (Å²) >= 11 is 13.4. The van der Waals surface area contributed by atoms with Gasteiger partial charge >= 0.3 is 0 Å². The molecule has 1 aromatic carbocycles. The maximum Gasteiger partial charge on any atom is 0.226 e. The lowest BCUT2D eigenvalue weighted by molar-refractivity contribution is -0.121. The van der Waals surface area contributed by atoms with Crippen molar-refractivity contribution in [2.75, 3.05) is 10.6 Å². The van der Waals surface area contributed by atoms with Crippen LogP contribution in [0.15, 0.2) is 23.7 Å². The number of nitrogens with zero attached hydrogens (tertiary/aromatic N) is 1. The van der Waals surface area contributed by atoms with Gasteiger partial charge in [0.25, 0.3) is 0 Å². The molecule has 0 bridgehead atoms. The third-order valence-corrected chi connectivity index (χ3v) is 4.30. The Kier molecular flexibility index (Phi) is 5.76. The van der Waals surface area contributed by atoms with Gasteiger partial charge in [-0.25, -0.2) is 4.98 Å². The molecule has 0 saturated heterocycles. The van der Waals surface area contributed by atoms with Crippen LogP contribution in [0, 0.1) is 6.92 Å². The van der Waals surface area contributed by atoms with E-state index in [1.165, 1.54) is 11.3 Å². The molecule has 0 spiro atoms. The normalized spacial score (nSPS) is 10.3. The predicted molar refractivity (Wildman–Crippen MR) is 89.8 cm³/mol. The Morgan fingerprint density at radius 1 is 1.18 bits per heavy atom. The van der Waals surface area contributed by atoms with Crippen molar-refractivity contribution in [2.45, 2.75) is 19.8 Å². The fourth-order valence-corrected chi connectivity index (χ4v) is 2.68. The summed E-state index contributed by atoms with van der Waals surface area (Å²) in [6.07, 6.45) is 1.67. The van der Waals surface area contributed by atoms with E-state index in [4.69, 9.17) is 23.2 Å². The topological polar surface area (TPSA) is 71.1 Å². The highest BCUT2D eigenvalue weighted by Crippen LogP contribution is 2.32. The summed E-state index contributed by atoms with van der Waals surface area (Å²) in [7, 11) is 0. The SMILES string of the molecule is Cc1ccc(Cl)c(NC(=O)CCC(=O)Nc2nccs2)c1Cl. The van der Waals surface area contributed by atoms with Crippen LogP contribution >= 0.6 is 34.5 Å². The van der Waals surface area contributed by atoms with Gasteiger partial charge in [-0.1, -0.05) is 29.3 Å². The first-order chi connectivity index (χ1) is 10.5. The van der Waals surface area contributed by atoms with Crippen molar-refractivity contribution in [3.05, 3.63) is 39.3 Å². The number of halogens is 2. The molecule has 0 aliphatic heterocycles. The van der Waals surface area contributed by atoms with Crippen molar-refractivity contribution < 1.29 is 9.59 Å². The minimum absolute atomic E-state index is 0.0256. The van der Waals surface area contributed by atoms with Gasteiger partial charge in [0.1, 0.15) is 0 Å². The summed E-state index contributed by atoms with van der Waals surface area (Å²) in [6, 6.07) is 3.43. The Bertz CT molecular complexity index is 690. The van der Waals surface area contributed by atoms with Gasteiger partial charge in [-0.05, 0) is 18.6 Å². The number of rotatable bonds is 5. The molecule has 0 unspecified atom stereocenters. The van der Waals surface area contributed by atoms with Crippen LogP contribution < -0.4 is 10.6 Å². The quantitative estimate of drug-likeness (QED) is 0.845. The molecule has 2 N–H and O–H groups in total. The fraction of sp³-hybridized carbons (Fsp3) is 0.214. The lowest BCUT2D eigenvalue weighted by Crippen LogP contribution is -2.17. The molecule has 0 saturated carbocycles. The lowest BCUT2D eigenvalue weighted by Gasteiger charge is -2.11. The van der Waals surface area contributed by atoms with Crippen LogP contribution in [0.25, 0.3) is 0 Å². The number of hydrogen-bond donors (Lipinski definition) is 2. The standard InChI is InChI=1S/C14H13Cl2N3O2S/c1-8-2-3-9(15)13(12(8)16)18-10(20)4-5-11(21)19-14-17-6-7-22-14/h2-3,6-7H,4-5H2,1H3,(H,18,20)(H,17,19,21). The molecular formula is C14H13Cl2N3O2S. The van der Waals surface area contributed by atoms with E-state index in [-0.39, 0.29) is 24.7 Å². The van der Waals surface area contributed by atoms with Crippen molar-refractivity contribution in [1.29, 1.82) is 0 Å². The predicted octanol–water partition coefficient (Wildman–Crippen LogP) is 4.12. The zero-order chi connectivity index (χ0) is 16.1. The van der Waals surface area contributed by atoms with E-state index in [0.717, 1.165) is 5.56 Å². The van der Waals surface area contributed by atoms with E-state index >= 15 is 0 Å². The number of amides is 2. The minimum Gasteiger partial charge on any atom is -0.324 e. The number of aryl methyl sites for hydroxylation is 1. The molecule has 1 heterocycles. The van der Waals surface area contributed by atoms with E-state index < -0.39 is 0 Å². The summed E-state index contributed by atoms with van der Waals surface area (Å²) < 4.78 is 0. The first-order valence-electron chi connectivity index (χ1n) is 6.41. The van der Waals surface area contributed by atoms with Gasteiger partial charge in [-0.3, -0.25) is 9.59 Å². The first kappa shape index (κ1) is 16.7. The second-order valence-electron chi connectivity index (χ2n) is 4.49. The van der Waals surface area contributed by atoms with Crippen LogP contribution in [0.5, 0.6) is 0 Å². The van der Waals surface area contributed by atoms with Crippen molar-refractivity contribution in [1.82, 2.24) is 4.98 Å². The molecule has 5 nitrogen and oxygen atoms in total. The number of hydrogen-bond acceptors (Lipinski definition) is 4. The van der Waals surface area contributed by atoms with Crippen molar-refractivity contribution in [2.24, 2.45) is 0 Å². The van der Waals surface area contributed by atoms with E-state index in [9.17, 15) is 9.59 Å². The lowest BCUT2D eigenvalue weighted by atomic mass is 10.2. The van der Waals surface area contributed by atoms with E-state index in [1.807, 2.05) is 6.92 Å². The summed E-state index contributed by atoms with van der Waals surface area (Å²) in [5, 5.41) is 8.26. The van der Waals surface area contributed by atoms with Gasteiger partial charge in [-0.2, -0.15) is 0 Å². The number of aromatic nitrogens is 1. The molecular weight excluding hydrogens is 345 g/mol. The van der Waals surface area contributed by atoms with Crippen molar-refractivity contribution in [3.8, 4) is 0 Å². The largest absolute Gasteiger partial charge is 0.324 e. The number of nitrogens with one attached hydrogen (secondary N) is 2. The Labute approximate surface area is 141 Å². The first-order valence-corrected chi connectivity index (χ1v) is 8.04. The van der Waals surface area contributed by atoms with Crippen LogP contribution in [-0.2, 0) is 9.59 Å². The molecule has 0 radical (unpaired) electrons. The van der Waals surface area contributed by atoms with Gasteiger partial charge in [0.2, 0.25) is 11.8 Å². The zero-order valence-electron chi connectivity index (χ0n) is 11.7. The van der Waals surface area contributed by atoms with Gasteiger partial charge in [0.15, 0.2) is 5.13 Å². The highest BCUT2D eigenvalue weighted by Gasteiger charge is 2.13. The second-order valence-corrected chi connectivity index (χ2v) is 6.17. The van der Waals surface area contributed by atoms with Crippen LogP contribution in [0.1, 0.15) is 18.4 Å².